The molecule has 1 aromatic heterocycles. The molecule has 2 atom stereocenters. The molecule has 6 nitrogen and oxygen atoms in total. The van der Waals surface area contributed by atoms with Gasteiger partial charge in [0.25, 0.3) is 0 Å². The van der Waals surface area contributed by atoms with Crippen LogP contribution in [0.15, 0.2) is 42.6 Å². The maximum Gasteiger partial charge on any atom is 0.244 e. The first kappa shape index (κ1) is 17.5. The van der Waals surface area contributed by atoms with E-state index in [1.807, 2.05) is 47.5 Å². The Hall–Kier alpha value is -2.60. The van der Waals surface area contributed by atoms with E-state index in [0.717, 1.165) is 36.5 Å². The molecule has 2 unspecified atom stereocenters. The SMILES string of the molecule is COc1ccc(CN2CC3CC2C(=O)N(CC2CC2)c2ccccc2O3)cn1. The molecule has 1 aromatic carbocycles. The fourth-order valence-electron chi connectivity index (χ4n) is 4.24. The summed E-state index contributed by atoms with van der Waals surface area (Å²) in [5.74, 6) is 2.25. The number of nitrogens with zero attached hydrogens (tertiary/aromatic N) is 3. The van der Waals surface area contributed by atoms with E-state index in [4.69, 9.17) is 9.47 Å². The Morgan fingerprint density at radius 1 is 1.21 bits per heavy atom. The van der Waals surface area contributed by atoms with Crippen molar-refractivity contribution in [3.05, 3.63) is 48.2 Å². The zero-order chi connectivity index (χ0) is 19.1. The molecule has 0 N–H and O–H groups in total. The first-order valence-corrected chi connectivity index (χ1v) is 10.0. The zero-order valence-electron chi connectivity index (χ0n) is 16.1. The minimum Gasteiger partial charge on any atom is -0.487 e. The van der Waals surface area contributed by atoms with Crippen LogP contribution in [0.5, 0.6) is 11.6 Å². The van der Waals surface area contributed by atoms with Gasteiger partial charge in [0.05, 0.1) is 18.8 Å². The summed E-state index contributed by atoms with van der Waals surface area (Å²) in [6.07, 6.45) is 5.01. The number of ether oxygens (including phenoxy) is 2. The van der Waals surface area contributed by atoms with Gasteiger partial charge in [0.1, 0.15) is 11.9 Å². The Labute approximate surface area is 165 Å². The van der Waals surface area contributed by atoms with Crippen molar-refractivity contribution >= 4 is 11.6 Å². The first-order chi connectivity index (χ1) is 13.7. The van der Waals surface area contributed by atoms with E-state index < -0.39 is 0 Å². The van der Waals surface area contributed by atoms with Crippen LogP contribution >= 0.6 is 0 Å². The monoisotopic (exact) mass is 379 g/mol. The number of rotatable bonds is 5. The van der Waals surface area contributed by atoms with Gasteiger partial charge in [-0.3, -0.25) is 9.69 Å². The molecule has 0 radical (unpaired) electrons. The molecule has 1 aliphatic carbocycles. The Kier molecular flexibility index (Phi) is 4.43. The fourth-order valence-corrected chi connectivity index (χ4v) is 4.24. The summed E-state index contributed by atoms with van der Waals surface area (Å²) in [6, 6.07) is 11.7. The summed E-state index contributed by atoms with van der Waals surface area (Å²) >= 11 is 0. The van der Waals surface area contributed by atoms with E-state index in [9.17, 15) is 4.79 Å². The number of anilines is 1. The van der Waals surface area contributed by atoms with Crippen molar-refractivity contribution in [2.45, 2.75) is 38.0 Å². The standard InChI is InChI=1S/C22H25N3O3/c1-27-21-9-8-16(11-23-21)12-24-14-17-10-19(24)22(26)25(13-15-6-7-15)18-4-2-3-5-20(18)28-17/h2-5,8-9,11,15,17,19H,6-7,10,12-14H2,1H3. The number of methoxy groups -OCH3 is 1. The lowest BCUT2D eigenvalue weighted by atomic mass is 10.1. The maximum atomic E-state index is 13.6. The van der Waals surface area contributed by atoms with Crippen LogP contribution in [0.4, 0.5) is 5.69 Å². The van der Waals surface area contributed by atoms with Gasteiger partial charge < -0.3 is 14.4 Å². The number of likely N-dealkylation sites (tertiary alicyclic amines) is 1. The van der Waals surface area contributed by atoms with Gasteiger partial charge in [0.15, 0.2) is 0 Å². The first-order valence-electron chi connectivity index (χ1n) is 10.0. The van der Waals surface area contributed by atoms with Crippen LogP contribution in [0.2, 0.25) is 0 Å². The molecule has 146 valence electrons. The number of aromatic nitrogens is 1. The van der Waals surface area contributed by atoms with Crippen LogP contribution in [0.25, 0.3) is 0 Å². The van der Waals surface area contributed by atoms with Gasteiger partial charge in [-0.1, -0.05) is 18.2 Å². The Bertz CT molecular complexity index is 866. The summed E-state index contributed by atoms with van der Waals surface area (Å²) in [5.41, 5.74) is 1.99. The van der Waals surface area contributed by atoms with Crippen LogP contribution in [0, 0.1) is 5.92 Å². The Balaban J connectivity index is 1.42. The highest BCUT2D eigenvalue weighted by molar-refractivity contribution is 5.99. The van der Waals surface area contributed by atoms with Gasteiger partial charge in [-0.2, -0.15) is 0 Å². The quantitative estimate of drug-likeness (QED) is 0.800. The topological polar surface area (TPSA) is 54.9 Å². The molecule has 1 saturated heterocycles. The lowest BCUT2D eigenvalue weighted by molar-refractivity contribution is -0.123. The molecular formula is C22H25N3O3. The molecule has 2 aliphatic heterocycles. The van der Waals surface area contributed by atoms with Gasteiger partial charge in [-0.15, -0.1) is 0 Å². The maximum absolute atomic E-state index is 13.6. The zero-order valence-corrected chi connectivity index (χ0v) is 16.1. The number of carbonyl (C=O) groups is 1. The van der Waals surface area contributed by atoms with Crippen molar-refractivity contribution in [1.82, 2.24) is 9.88 Å². The van der Waals surface area contributed by atoms with Gasteiger partial charge in [0.2, 0.25) is 11.8 Å². The van der Waals surface area contributed by atoms with Crippen LogP contribution < -0.4 is 14.4 Å². The number of para-hydroxylation sites is 2. The van der Waals surface area contributed by atoms with Crippen molar-refractivity contribution in [3.63, 3.8) is 0 Å². The molecule has 2 aromatic rings. The second kappa shape index (κ2) is 7.09. The lowest BCUT2D eigenvalue weighted by Crippen LogP contribution is -2.46. The number of amides is 1. The average Bonchev–Trinajstić information content (AvgIpc) is 3.45. The highest BCUT2D eigenvalue weighted by Gasteiger charge is 2.43. The second-order valence-electron chi connectivity index (χ2n) is 7.99. The fraction of sp³-hybridized carbons (Fsp3) is 0.455. The summed E-state index contributed by atoms with van der Waals surface area (Å²) < 4.78 is 11.5. The molecule has 0 spiro atoms. The molecule has 3 aliphatic rings. The highest BCUT2D eigenvalue weighted by atomic mass is 16.5. The number of hydrogen-bond donors (Lipinski definition) is 0. The predicted molar refractivity (Wildman–Crippen MR) is 106 cm³/mol. The molecule has 6 heteroatoms. The third kappa shape index (κ3) is 3.33. The second-order valence-corrected chi connectivity index (χ2v) is 7.99. The van der Waals surface area contributed by atoms with Gasteiger partial charge in [-0.05, 0) is 36.5 Å². The van der Waals surface area contributed by atoms with Crippen molar-refractivity contribution in [2.75, 3.05) is 25.1 Å². The third-order valence-electron chi connectivity index (χ3n) is 5.90. The van der Waals surface area contributed by atoms with E-state index in [1.54, 1.807) is 7.11 Å². The van der Waals surface area contributed by atoms with E-state index in [2.05, 4.69) is 9.88 Å². The average molecular weight is 379 g/mol. The summed E-state index contributed by atoms with van der Waals surface area (Å²) in [7, 11) is 1.61. The summed E-state index contributed by atoms with van der Waals surface area (Å²) in [6.45, 7) is 2.22. The van der Waals surface area contributed by atoms with E-state index in [1.165, 1.54) is 12.8 Å². The van der Waals surface area contributed by atoms with Crippen LogP contribution in [0.1, 0.15) is 24.8 Å². The number of hydrogen-bond acceptors (Lipinski definition) is 5. The molecule has 3 heterocycles. The smallest absolute Gasteiger partial charge is 0.244 e. The molecule has 28 heavy (non-hydrogen) atoms. The summed E-state index contributed by atoms with van der Waals surface area (Å²) in [5, 5.41) is 0. The molecule has 1 saturated carbocycles. The largest absolute Gasteiger partial charge is 0.487 e. The Morgan fingerprint density at radius 2 is 2.07 bits per heavy atom. The normalized spacial score (nSPS) is 24.3. The van der Waals surface area contributed by atoms with Gasteiger partial charge >= 0.3 is 0 Å². The van der Waals surface area contributed by atoms with Gasteiger partial charge in [-0.25, -0.2) is 4.98 Å². The van der Waals surface area contributed by atoms with Gasteiger partial charge in [0, 0.05) is 38.3 Å². The van der Waals surface area contributed by atoms with E-state index in [0.29, 0.717) is 18.3 Å². The molecule has 2 bridgehead atoms. The molecule has 5 rings (SSSR count). The number of benzene rings is 1. The van der Waals surface area contributed by atoms with E-state index >= 15 is 0 Å². The van der Waals surface area contributed by atoms with Crippen LogP contribution in [0.3, 0.4) is 0 Å². The minimum atomic E-state index is -0.154. The highest BCUT2D eigenvalue weighted by Crippen LogP contribution is 2.39. The minimum absolute atomic E-state index is 0.0318. The predicted octanol–water partition coefficient (Wildman–Crippen LogP) is 2.87. The molecule has 2 fully saturated rings. The third-order valence-corrected chi connectivity index (χ3v) is 5.90. The number of fused-ring (bicyclic) bond motifs is 3. The lowest BCUT2D eigenvalue weighted by Gasteiger charge is -2.32. The van der Waals surface area contributed by atoms with Crippen molar-refractivity contribution < 1.29 is 14.3 Å². The van der Waals surface area contributed by atoms with Crippen molar-refractivity contribution in [3.8, 4) is 11.6 Å². The number of carbonyl (C=O) groups excluding carboxylic acids is 1. The summed E-state index contributed by atoms with van der Waals surface area (Å²) in [4.78, 5) is 22.1. The van der Waals surface area contributed by atoms with E-state index in [-0.39, 0.29) is 18.1 Å². The van der Waals surface area contributed by atoms with Crippen LogP contribution in [-0.4, -0.2) is 48.1 Å². The van der Waals surface area contributed by atoms with Crippen molar-refractivity contribution in [1.29, 1.82) is 0 Å². The molecule has 1 amide bonds. The molecular weight excluding hydrogens is 354 g/mol. The number of pyridine rings is 1. The Morgan fingerprint density at radius 3 is 2.82 bits per heavy atom. The van der Waals surface area contributed by atoms with Crippen molar-refractivity contribution in [2.24, 2.45) is 5.92 Å². The van der Waals surface area contributed by atoms with Crippen LogP contribution in [-0.2, 0) is 11.3 Å².